The van der Waals surface area contributed by atoms with Crippen molar-refractivity contribution in [3.63, 3.8) is 0 Å². The van der Waals surface area contributed by atoms with Crippen molar-refractivity contribution in [1.82, 2.24) is 4.98 Å². The van der Waals surface area contributed by atoms with Crippen molar-refractivity contribution in [2.45, 2.75) is 38.8 Å². The SMILES string of the molecule is C[C@@H](N)c1cccnc1Oc1cccc2c1OC(C)(C)C2. The number of fused-ring (bicyclic) bond motifs is 1. The highest BCUT2D eigenvalue weighted by atomic mass is 16.5. The van der Waals surface area contributed by atoms with Gasteiger partial charge in [-0.3, -0.25) is 0 Å². The number of para-hydroxylation sites is 1. The summed E-state index contributed by atoms with van der Waals surface area (Å²) in [7, 11) is 0. The zero-order valence-electron chi connectivity index (χ0n) is 12.6. The first-order chi connectivity index (χ1) is 9.96. The summed E-state index contributed by atoms with van der Waals surface area (Å²) < 4.78 is 12.0. The highest BCUT2D eigenvalue weighted by Gasteiger charge is 2.32. The molecular weight excluding hydrogens is 264 g/mol. The Morgan fingerprint density at radius 2 is 2.10 bits per heavy atom. The second-order valence-electron chi connectivity index (χ2n) is 6.07. The predicted molar refractivity (Wildman–Crippen MR) is 81.8 cm³/mol. The Morgan fingerprint density at radius 1 is 1.29 bits per heavy atom. The largest absolute Gasteiger partial charge is 0.483 e. The van der Waals surface area contributed by atoms with Gasteiger partial charge in [-0.1, -0.05) is 18.2 Å². The Kier molecular flexibility index (Phi) is 3.33. The number of hydrogen-bond acceptors (Lipinski definition) is 4. The highest BCUT2D eigenvalue weighted by Crippen LogP contribution is 2.43. The van der Waals surface area contributed by atoms with Crippen LogP contribution in [0.1, 0.15) is 37.9 Å². The lowest BCUT2D eigenvalue weighted by Gasteiger charge is -2.18. The molecule has 0 bridgehead atoms. The lowest BCUT2D eigenvalue weighted by Crippen LogP contribution is -2.24. The molecule has 0 saturated carbocycles. The summed E-state index contributed by atoms with van der Waals surface area (Å²) in [6.07, 6.45) is 2.58. The predicted octanol–water partition coefficient (Wildman–Crippen LogP) is 3.61. The Balaban J connectivity index is 1.97. The lowest BCUT2D eigenvalue weighted by atomic mass is 10.0. The molecule has 0 spiro atoms. The summed E-state index contributed by atoms with van der Waals surface area (Å²) in [6.45, 7) is 6.06. The van der Waals surface area contributed by atoms with Crippen LogP contribution in [0, 0.1) is 0 Å². The number of rotatable bonds is 3. The van der Waals surface area contributed by atoms with Crippen LogP contribution >= 0.6 is 0 Å². The molecule has 0 unspecified atom stereocenters. The summed E-state index contributed by atoms with van der Waals surface area (Å²) in [5.74, 6) is 2.04. The van der Waals surface area contributed by atoms with Crippen molar-refractivity contribution in [3.8, 4) is 17.4 Å². The fraction of sp³-hybridized carbons (Fsp3) is 0.353. The van der Waals surface area contributed by atoms with Crippen LogP contribution in [-0.2, 0) is 6.42 Å². The van der Waals surface area contributed by atoms with Crippen LogP contribution in [-0.4, -0.2) is 10.6 Å². The van der Waals surface area contributed by atoms with E-state index in [0.29, 0.717) is 11.6 Å². The molecule has 0 radical (unpaired) electrons. The minimum Gasteiger partial charge on any atom is -0.483 e. The molecule has 0 aliphatic carbocycles. The summed E-state index contributed by atoms with van der Waals surface area (Å²) in [6, 6.07) is 9.61. The molecule has 21 heavy (non-hydrogen) atoms. The van der Waals surface area contributed by atoms with E-state index < -0.39 is 0 Å². The summed E-state index contributed by atoms with van der Waals surface area (Å²) in [4.78, 5) is 4.30. The second-order valence-corrected chi connectivity index (χ2v) is 6.07. The first-order valence-corrected chi connectivity index (χ1v) is 7.15. The van der Waals surface area contributed by atoms with E-state index in [2.05, 4.69) is 24.9 Å². The second kappa shape index (κ2) is 5.04. The molecule has 1 aromatic carbocycles. The number of nitrogens with zero attached hydrogens (tertiary/aromatic N) is 1. The molecule has 2 aromatic rings. The third-order valence-corrected chi connectivity index (χ3v) is 3.55. The fourth-order valence-electron chi connectivity index (χ4n) is 2.61. The zero-order chi connectivity index (χ0) is 15.0. The van der Waals surface area contributed by atoms with E-state index in [-0.39, 0.29) is 11.6 Å². The topological polar surface area (TPSA) is 57.4 Å². The van der Waals surface area contributed by atoms with Gasteiger partial charge in [-0.15, -0.1) is 0 Å². The van der Waals surface area contributed by atoms with Crippen LogP contribution in [0.3, 0.4) is 0 Å². The minimum atomic E-state index is -0.199. The van der Waals surface area contributed by atoms with Crippen LogP contribution in [0.2, 0.25) is 0 Å². The average Bonchev–Trinajstić information content (AvgIpc) is 2.74. The molecule has 4 nitrogen and oxygen atoms in total. The zero-order valence-corrected chi connectivity index (χ0v) is 12.6. The Morgan fingerprint density at radius 3 is 2.86 bits per heavy atom. The summed E-state index contributed by atoms with van der Waals surface area (Å²) in [5, 5.41) is 0. The molecule has 1 atom stereocenters. The molecule has 0 fully saturated rings. The standard InChI is InChI=1S/C17H20N2O2/c1-11(18)13-7-5-9-19-16(13)20-14-8-4-6-12-10-17(2,3)21-15(12)14/h4-9,11H,10,18H2,1-3H3/t11-/m1/s1. The Bertz CT molecular complexity index is 666. The monoisotopic (exact) mass is 284 g/mol. The number of nitrogens with two attached hydrogens (primary N) is 1. The third-order valence-electron chi connectivity index (χ3n) is 3.55. The van der Waals surface area contributed by atoms with E-state index in [1.54, 1.807) is 6.20 Å². The molecule has 3 rings (SSSR count). The highest BCUT2D eigenvalue weighted by molar-refractivity contribution is 5.51. The normalized spacial score (nSPS) is 17.0. The van der Waals surface area contributed by atoms with E-state index in [1.165, 1.54) is 0 Å². The quantitative estimate of drug-likeness (QED) is 0.935. The maximum Gasteiger partial charge on any atom is 0.224 e. The van der Waals surface area contributed by atoms with Crippen molar-refractivity contribution in [2.75, 3.05) is 0 Å². The molecule has 0 amide bonds. The van der Waals surface area contributed by atoms with Gasteiger partial charge in [0.1, 0.15) is 5.60 Å². The van der Waals surface area contributed by atoms with Gasteiger partial charge in [0.15, 0.2) is 11.5 Å². The van der Waals surface area contributed by atoms with E-state index in [9.17, 15) is 0 Å². The molecule has 4 heteroatoms. The average molecular weight is 284 g/mol. The summed E-state index contributed by atoms with van der Waals surface area (Å²) in [5.41, 5.74) is 7.82. The van der Waals surface area contributed by atoms with Gasteiger partial charge in [-0.25, -0.2) is 4.98 Å². The van der Waals surface area contributed by atoms with Gasteiger partial charge in [0.2, 0.25) is 5.88 Å². The van der Waals surface area contributed by atoms with Crippen LogP contribution in [0.15, 0.2) is 36.5 Å². The van der Waals surface area contributed by atoms with Crippen molar-refractivity contribution in [1.29, 1.82) is 0 Å². The Labute approximate surface area is 124 Å². The van der Waals surface area contributed by atoms with Gasteiger partial charge in [-0.2, -0.15) is 0 Å². The summed E-state index contributed by atoms with van der Waals surface area (Å²) >= 11 is 0. The molecular formula is C17H20N2O2. The van der Waals surface area contributed by atoms with Crippen molar-refractivity contribution < 1.29 is 9.47 Å². The molecule has 1 aliphatic rings. The van der Waals surface area contributed by atoms with E-state index in [4.69, 9.17) is 15.2 Å². The maximum atomic E-state index is 6.01. The van der Waals surface area contributed by atoms with Crippen molar-refractivity contribution in [2.24, 2.45) is 5.73 Å². The molecule has 1 aromatic heterocycles. The molecule has 0 saturated heterocycles. The fourth-order valence-corrected chi connectivity index (χ4v) is 2.61. The Hall–Kier alpha value is -2.07. The minimum absolute atomic E-state index is 0.136. The smallest absolute Gasteiger partial charge is 0.224 e. The van der Waals surface area contributed by atoms with Gasteiger partial charge < -0.3 is 15.2 Å². The van der Waals surface area contributed by atoms with Gasteiger partial charge in [-0.05, 0) is 32.9 Å². The molecule has 110 valence electrons. The number of aromatic nitrogens is 1. The maximum absolute atomic E-state index is 6.01. The van der Waals surface area contributed by atoms with E-state index >= 15 is 0 Å². The number of benzene rings is 1. The van der Waals surface area contributed by atoms with Gasteiger partial charge in [0.25, 0.3) is 0 Å². The first kappa shape index (κ1) is 13.9. The van der Waals surface area contributed by atoms with Crippen molar-refractivity contribution in [3.05, 3.63) is 47.7 Å². The first-order valence-electron chi connectivity index (χ1n) is 7.15. The number of pyridine rings is 1. The van der Waals surface area contributed by atoms with Gasteiger partial charge in [0, 0.05) is 29.8 Å². The molecule has 2 N–H and O–H groups in total. The van der Waals surface area contributed by atoms with E-state index in [0.717, 1.165) is 23.3 Å². The van der Waals surface area contributed by atoms with Crippen LogP contribution in [0.4, 0.5) is 0 Å². The number of ether oxygens (including phenoxy) is 2. The van der Waals surface area contributed by atoms with Crippen molar-refractivity contribution >= 4 is 0 Å². The van der Waals surface area contributed by atoms with Gasteiger partial charge >= 0.3 is 0 Å². The van der Waals surface area contributed by atoms with Crippen LogP contribution < -0.4 is 15.2 Å². The molecule has 1 aliphatic heterocycles. The van der Waals surface area contributed by atoms with Crippen LogP contribution in [0.25, 0.3) is 0 Å². The number of hydrogen-bond donors (Lipinski definition) is 1. The third kappa shape index (κ3) is 2.72. The van der Waals surface area contributed by atoms with E-state index in [1.807, 2.05) is 31.2 Å². The van der Waals surface area contributed by atoms with Gasteiger partial charge in [0.05, 0.1) is 0 Å². The lowest BCUT2D eigenvalue weighted by molar-refractivity contribution is 0.135. The molecule has 2 heterocycles. The van der Waals surface area contributed by atoms with Crippen LogP contribution in [0.5, 0.6) is 17.4 Å².